The monoisotopic (exact) mass is 630 g/mol. The highest BCUT2D eigenvalue weighted by Crippen LogP contribution is 2.37. The number of rotatable bonds is 7. The first-order valence-corrected chi connectivity index (χ1v) is 14.8. The van der Waals surface area contributed by atoms with Gasteiger partial charge in [0.1, 0.15) is 0 Å². The van der Waals surface area contributed by atoms with E-state index in [0.717, 1.165) is 24.0 Å². The molecule has 0 spiro atoms. The Morgan fingerprint density at radius 1 is 0.686 bits per heavy atom. The lowest BCUT2D eigenvalue weighted by Crippen LogP contribution is -3.85. The van der Waals surface area contributed by atoms with Gasteiger partial charge in [-0.3, -0.25) is 0 Å². The van der Waals surface area contributed by atoms with Crippen LogP contribution in [0.2, 0.25) is 0 Å². The highest BCUT2D eigenvalue weighted by Gasteiger charge is 2.42. The van der Waals surface area contributed by atoms with Crippen LogP contribution in [0.25, 0.3) is 0 Å². The highest BCUT2D eigenvalue weighted by molar-refractivity contribution is 7.86. The Kier molecular flexibility index (Phi) is 8.22. The van der Waals surface area contributed by atoms with Crippen LogP contribution in [0.1, 0.15) is 36.1 Å². The van der Waals surface area contributed by atoms with Gasteiger partial charge in [-0.2, -0.15) is 34.8 Å². The molecule has 11 heteroatoms. The lowest BCUT2D eigenvalue weighted by Gasteiger charge is -2.14. The largest absolute Gasteiger partial charge is 0.416 e. The third kappa shape index (κ3) is 6.76. The molecule has 0 saturated heterocycles. The van der Waals surface area contributed by atoms with Crippen LogP contribution in [-0.2, 0) is 37.8 Å². The molecule has 189 valence electrons. The Morgan fingerprint density at radius 3 is 1.37 bits per heavy atom. The summed E-state index contributed by atoms with van der Waals surface area (Å²) in [6.45, 7) is 3.86. The molecular formula is C24H21F6IO3S+. The average Bonchev–Trinajstić information content (AvgIpc) is 2.81. The van der Waals surface area contributed by atoms with Gasteiger partial charge in [-0.1, -0.05) is 38.1 Å². The molecule has 3 aromatic carbocycles. The van der Waals surface area contributed by atoms with E-state index >= 15 is 0 Å². The van der Waals surface area contributed by atoms with Crippen molar-refractivity contribution in [1.29, 1.82) is 0 Å². The summed E-state index contributed by atoms with van der Waals surface area (Å²) in [5, 5.41) is 0. The first-order chi connectivity index (χ1) is 16.2. The summed E-state index contributed by atoms with van der Waals surface area (Å²) in [6.07, 6.45) is -8.92. The van der Waals surface area contributed by atoms with Crippen molar-refractivity contribution in [2.24, 2.45) is 0 Å². The first kappa shape index (κ1) is 27.5. The second-order valence-corrected chi connectivity index (χ2v) is 14.0. The summed E-state index contributed by atoms with van der Waals surface area (Å²) >= 11 is -3.30. The first-order valence-electron chi connectivity index (χ1n) is 10.4. The second-order valence-electron chi connectivity index (χ2n) is 7.47. The second kappa shape index (κ2) is 10.5. The molecule has 0 bridgehead atoms. The van der Waals surface area contributed by atoms with Crippen molar-refractivity contribution in [3.63, 3.8) is 0 Å². The minimum absolute atomic E-state index is 0.123. The Morgan fingerprint density at radius 2 is 1.06 bits per heavy atom. The zero-order valence-electron chi connectivity index (χ0n) is 18.5. The third-order valence-corrected chi connectivity index (χ3v) is 12.3. The predicted molar refractivity (Wildman–Crippen MR) is 114 cm³/mol. The van der Waals surface area contributed by atoms with E-state index in [1.165, 1.54) is 0 Å². The maximum Gasteiger partial charge on any atom is 0.416 e. The molecule has 0 heterocycles. The molecule has 0 aliphatic heterocycles. The van der Waals surface area contributed by atoms with E-state index in [-0.39, 0.29) is 18.2 Å². The fraction of sp³-hybridized carbons (Fsp3) is 0.250. The van der Waals surface area contributed by atoms with Crippen LogP contribution >= 0.6 is 0 Å². The molecule has 0 unspecified atom stereocenters. The standard InChI is InChI=1S/C24H21F6IO3S/c1-3-16-5-9-20(10-6-16)31(21-11-7-17(4-2)8-12-21)34-35(32,33)22-14-18(23(25,26)27)13-19(15-22)24(28,29)30/h5-15H,3-4H2,1-2H3/q+1. The van der Waals surface area contributed by atoms with Gasteiger partial charge < -0.3 is 0 Å². The number of aryl methyl sites for hydroxylation is 2. The maximum absolute atomic E-state index is 13.3. The van der Waals surface area contributed by atoms with Gasteiger partial charge in [-0.15, -0.1) is 0 Å². The molecule has 0 N–H and O–H groups in total. The van der Waals surface area contributed by atoms with E-state index in [1.807, 2.05) is 13.8 Å². The number of benzene rings is 3. The Balaban J connectivity index is 2.12. The van der Waals surface area contributed by atoms with Gasteiger partial charge in [0, 0.05) is 0 Å². The van der Waals surface area contributed by atoms with E-state index in [0.29, 0.717) is 7.14 Å². The fourth-order valence-electron chi connectivity index (χ4n) is 3.06. The summed E-state index contributed by atoms with van der Waals surface area (Å²) in [5.74, 6) is 0. The Bertz CT molecular complexity index is 1190. The van der Waals surface area contributed by atoms with Crippen molar-refractivity contribution in [3.05, 3.63) is 96.1 Å². The predicted octanol–water partition coefficient (Wildman–Crippen LogP) is 3.83. The molecule has 3 rings (SSSR count). The molecule has 0 saturated carbocycles. The minimum atomic E-state index is -5.18. The molecule has 3 aromatic rings. The lowest BCUT2D eigenvalue weighted by molar-refractivity contribution is -1.03. The lowest BCUT2D eigenvalue weighted by atomic mass is 10.1. The van der Waals surface area contributed by atoms with Gasteiger partial charge in [0.2, 0.25) is 0 Å². The van der Waals surface area contributed by atoms with Gasteiger partial charge >= 0.3 is 42.7 Å². The molecule has 0 atom stereocenters. The molecule has 3 nitrogen and oxygen atoms in total. The smallest absolute Gasteiger partial charge is 0.190 e. The van der Waals surface area contributed by atoms with E-state index < -0.39 is 58.7 Å². The normalized spacial score (nSPS) is 12.8. The molecule has 0 aliphatic carbocycles. The number of alkyl halides is 6. The summed E-state index contributed by atoms with van der Waals surface area (Å²) in [7, 11) is -4.98. The van der Waals surface area contributed by atoms with Crippen LogP contribution in [0.5, 0.6) is 0 Å². The molecule has 0 amide bonds. The fourth-order valence-corrected chi connectivity index (χ4v) is 10.0. The van der Waals surface area contributed by atoms with Gasteiger partial charge in [-0.25, -0.2) is 0 Å². The maximum atomic E-state index is 13.3. The Labute approximate surface area is 207 Å². The molecular weight excluding hydrogens is 609 g/mol. The van der Waals surface area contributed by atoms with E-state index in [2.05, 4.69) is 0 Å². The van der Waals surface area contributed by atoms with Crippen LogP contribution in [0, 0.1) is 7.14 Å². The van der Waals surface area contributed by atoms with Crippen molar-refractivity contribution < 1.29 is 57.5 Å². The molecule has 0 fully saturated rings. The van der Waals surface area contributed by atoms with Gasteiger partial charge in [0.25, 0.3) is 0 Å². The zero-order chi connectivity index (χ0) is 26.0. The number of hydrogen-bond donors (Lipinski definition) is 0. The summed E-state index contributed by atoms with van der Waals surface area (Å²) in [6, 6.07) is 14.1. The van der Waals surface area contributed by atoms with Gasteiger partial charge in [0.15, 0.2) is 7.14 Å². The van der Waals surface area contributed by atoms with E-state index in [4.69, 9.17) is 2.51 Å². The van der Waals surface area contributed by atoms with Crippen LogP contribution in [0.4, 0.5) is 26.3 Å². The SMILES string of the molecule is CCc1ccc([I+](OS(=O)(=O)c2cc(C(F)(F)F)cc(C(F)(F)F)c2)c2ccc(CC)cc2)cc1. The average molecular weight is 630 g/mol. The quantitative estimate of drug-likeness (QED) is 0.295. The molecule has 0 aliphatic rings. The summed E-state index contributed by atoms with van der Waals surface area (Å²) in [5.41, 5.74) is -1.51. The molecule has 1 radical (unpaired) electrons. The highest BCUT2D eigenvalue weighted by atomic mass is 127. The van der Waals surface area contributed by atoms with Gasteiger partial charge in [0.05, 0.1) is 16.0 Å². The number of halogens is 7. The van der Waals surface area contributed by atoms with Crippen molar-refractivity contribution in [1.82, 2.24) is 0 Å². The van der Waals surface area contributed by atoms with E-state index in [9.17, 15) is 34.8 Å². The molecule has 0 aromatic heterocycles. The van der Waals surface area contributed by atoms with E-state index in [1.54, 1.807) is 48.5 Å². The minimum Gasteiger partial charge on any atom is -0.190 e. The topological polar surface area (TPSA) is 43.4 Å². The Hall–Kier alpha value is -2.12. The third-order valence-electron chi connectivity index (χ3n) is 5.04. The van der Waals surface area contributed by atoms with Gasteiger partial charge in [-0.05, 0) is 68.9 Å². The van der Waals surface area contributed by atoms with Crippen LogP contribution in [0.15, 0.2) is 71.6 Å². The van der Waals surface area contributed by atoms with Crippen molar-refractivity contribution >= 4 is 10.1 Å². The van der Waals surface area contributed by atoms with Crippen LogP contribution in [-0.4, -0.2) is 8.42 Å². The summed E-state index contributed by atoms with van der Waals surface area (Å²) in [4.78, 5) is -1.20. The van der Waals surface area contributed by atoms with Crippen LogP contribution < -0.4 is 20.2 Å². The van der Waals surface area contributed by atoms with Crippen molar-refractivity contribution in [2.45, 2.75) is 43.9 Å². The molecule has 35 heavy (non-hydrogen) atoms. The van der Waals surface area contributed by atoms with Crippen molar-refractivity contribution in [3.8, 4) is 0 Å². The number of hydrogen-bond acceptors (Lipinski definition) is 3. The summed E-state index contributed by atoms with van der Waals surface area (Å²) < 4.78 is 112. The zero-order valence-corrected chi connectivity index (χ0v) is 21.5. The van der Waals surface area contributed by atoms with Crippen molar-refractivity contribution in [2.75, 3.05) is 0 Å². The van der Waals surface area contributed by atoms with Crippen LogP contribution in [0.3, 0.4) is 0 Å².